The molecular weight excluding hydrogens is 347 g/mol. The van der Waals surface area contributed by atoms with Crippen LogP contribution in [0.1, 0.15) is 22.0 Å². The van der Waals surface area contributed by atoms with Crippen molar-refractivity contribution in [3.05, 3.63) is 71.5 Å². The molecule has 1 saturated heterocycles. The van der Waals surface area contributed by atoms with Gasteiger partial charge in [-0.15, -0.1) is 0 Å². The highest BCUT2D eigenvalue weighted by molar-refractivity contribution is 6.44. The number of carbonyl (C=O) groups excluding carboxylic acids is 3. The lowest BCUT2D eigenvalue weighted by Crippen LogP contribution is -3.06. The van der Waals surface area contributed by atoms with Gasteiger partial charge in [0.25, 0.3) is 5.91 Å². The van der Waals surface area contributed by atoms with E-state index >= 15 is 0 Å². The molecule has 1 aliphatic rings. The highest BCUT2D eigenvalue weighted by Crippen LogP contribution is 2.38. The highest BCUT2D eigenvalue weighted by atomic mass is 19.1. The first kappa shape index (κ1) is 18.9. The Hall–Kier alpha value is -2.86. The van der Waals surface area contributed by atoms with Crippen molar-refractivity contribution in [2.24, 2.45) is 5.92 Å². The molecule has 0 bridgehead atoms. The smallest absolute Gasteiger partial charge is 0.291 e. The minimum atomic E-state index is -1.24. The fourth-order valence-electron chi connectivity index (χ4n) is 3.42. The SMILES string of the molecule is C[NH+](C)CCN1C(=O)C(=O)C(C(=O)c2ccccc2)C1c1ccccc1F. The van der Waals surface area contributed by atoms with Gasteiger partial charge in [0.15, 0.2) is 5.78 Å². The number of hydrogen-bond donors (Lipinski definition) is 1. The summed E-state index contributed by atoms with van der Waals surface area (Å²) in [5, 5.41) is 0. The first-order chi connectivity index (χ1) is 12.9. The van der Waals surface area contributed by atoms with Gasteiger partial charge < -0.3 is 9.80 Å². The third-order valence-electron chi connectivity index (χ3n) is 4.82. The van der Waals surface area contributed by atoms with Crippen molar-refractivity contribution >= 4 is 17.5 Å². The lowest BCUT2D eigenvalue weighted by Gasteiger charge is -2.27. The summed E-state index contributed by atoms with van der Waals surface area (Å²) in [6.07, 6.45) is 0. The number of ketones is 2. The fourth-order valence-corrected chi connectivity index (χ4v) is 3.42. The quantitative estimate of drug-likeness (QED) is 0.468. The van der Waals surface area contributed by atoms with Gasteiger partial charge in [-0.2, -0.15) is 0 Å². The number of benzene rings is 2. The number of halogens is 1. The number of likely N-dealkylation sites (N-methyl/N-ethyl adjacent to an activating group) is 1. The number of Topliss-reactive ketones (excluding diaryl/α,β-unsaturated/α-hetero) is 2. The van der Waals surface area contributed by atoms with E-state index in [1.54, 1.807) is 42.5 Å². The monoisotopic (exact) mass is 369 g/mol. The van der Waals surface area contributed by atoms with Crippen LogP contribution in [0.2, 0.25) is 0 Å². The molecule has 0 spiro atoms. The Labute approximate surface area is 157 Å². The number of rotatable bonds is 6. The molecule has 2 aromatic rings. The number of carbonyl (C=O) groups is 3. The van der Waals surface area contributed by atoms with Crippen molar-refractivity contribution in [2.45, 2.75) is 6.04 Å². The number of amides is 1. The Morgan fingerprint density at radius 2 is 1.67 bits per heavy atom. The van der Waals surface area contributed by atoms with Gasteiger partial charge >= 0.3 is 0 Å². The molecule has 3 rings (SSSR count). The summed E-state index contributed by atoms with van der Waals surface area (Å²) in [6, 6.07) is 13.4. The predicted octanol–water partition coefficient (Wildman–Crippen LogP) is 0.922. The van der Waals surface area contributed by atoms with Crippen molar-refractivity contribution in [2.75, 3.05) is 27.2 Å². The molecular formula is C21H22FN2O3+. The Morgan fingerprint density at radius 3 is 2.30 bits per heavy atom. The van der Waals surface area contributed by atoms with E-state index in [-0.39, 0.29) is 12.1 Å². The third-order valence-corrected chi connectivity index (χ3v) is 4.82. The van der Waals surface area contributed by atoms with E-state index in [2.05, 4.69) is 0 Å². The maximum absolute atomic E-state index is 14.5. The van der Waals surface area contributed by atoms with Crippen LogP contribution in [0.25, 0.3) is 0 Å². The van der Waals surface area contributed by atoms with Crippen LogP contribution >= 0.6 is 0 Å². The van der Waals surface area contributed by atoms with Crippen LogP contribution in [0.5, 0.6) is 0 Å². The molecule has 2 atom stereocenters. The lowest BCUT2D eigenvalue weighted by molar-refractivity contribution is -0.857. The normalized spacial score (nSPS) is 19.8. The van der Waals surface area contributed by atoms with E-state index in [9.17, 15) is 18.8 Å². The van der Waals surface area contributed by atoms with Crippen LogP contribution in [-0.4, -0.2) is 49.6 Å². The van der Waals surface area contributed by atoms with E-state index in [0.717, 1.165) is 4.90 Å². The number of likely N-dealkylation sites (tertiary alicyclic amines) is 1. The van der Waals surface area contributed by atoms with Crippen LogP contribution in [0.3, 0.4) is 0 Å². The van der Waals surface area contributed by atoms with Crippen LogP contribution in [0.4, 0.5) is 4.39 Å². The summed E-state index contributed by atoms with van der Waals surface area (Å²) < 4.78 is 14.5. The number of quaternary nitrogens is 1. The first-order valence-electron chi connectivity index (χ1n) is 8.89. The molecule has 2 unspecified atom stereocenters. The summed E-state index contributed by atoms with van der Waals surface area (Å²) in [6.45, 7) is 0.848. The van der Waals surface area contributed by atoms with E-state index in [0.29, 0.717) is 12.1 Å². The van der Waals surface area contributed by atoms with E-state index < -0.39 is 35.3 Å². The minimum Gasteiger partial charge on any atom is -0.338 e. The van der Waals surface area contributed by atoms with Crippen LogP contribution in [0, 0.1) is 11.7 Å². The van der Waals surface area contributed by atoms with E-state index in [4.69, 9.17) is 0 Å². The molecule has 0 aliphatic carbocycles. The average molecular weight is 369 g/mol. The van der Waals surface area contributed by atoms with Gasteiger partial charge in [-0.05, 0) is 6.07 Å². The molecule has 5 nitrogen and oxygen atoms in total. The van der Waals surface area contributed by atoms with Crippen molar-refractivity contribution in [1.29, 1.82) is 0 Å². The zero-order valence-electron chi connectivity index (χ0n) is 15.3. The summed E-state index contributed by atoms with van der Waals surface area (Å²) in [7, 11) is 3.85. The minimum absolute atomic E-state index is 0.194. The molecule has 0 radical (unpaired) electrons. The third kappa shape index (κ3) is 3.66. The topological polar surface area (TPSA) is 58.9 Å². The van der Waals surface area contributed by atoms with Crippen molar-refractivity contribution in [3.8, 4) is 0 Å². The van der Waals surface area contributed by atoms with Gasteiger partial charge in [0.1, 0.15) is 11.7 Å². The Bertz CT molecular complexity index is 867. The van der Waals surface area contributed by atoms with Gasteiger partial charge in [-0.25, -0.2) is 4.39 Å². The number of nitrogens with zero attached hydrogens (tertiary/aromatic N) is 1. The number of hydrogen-bond acceptors (Lipinski definition) is 3. The Balaban J connectivity index is 2.06. The molecule has 1 aliphatic heterocycles. The Morgan fingerprint density at radius 1 is 1.04 bits per heavy atom. The van der Waals surface area contributed by atoms with E-state index in [1.807, 2.05) is 14.1 Å². The molecule has 0 saturated carbocycles. The standard InChI is InChI=1S/C21H21FN2O3/c1-23(2)12-13-24-18(15-10-6-7-11-16(15)22)17(20(26)21(24)27)19(25)14-8-4-3-5-9-14/h3-11,17-18H,12-13H2,1-2H3/p+1. The lowest BCUT2D eigenvalue weighted by atomic mass is 9.86. The maximum Gasteiger partial charge on any atom is 0.291 e. The molecule has 0 aromatic heterocycles. The molecule has 6 heteroatoms. The molecule has 140 valence electrons. The summed E-state index contributed by atoms with van der Waals surface area (Å²) in [4.78, 5) is 40.9. The van der Waals surface area contributed by atoms with Gasteiger partial charge in [-0.3, -0.25) is 14.4 Å². The summed E-state index contributed by atoms with van der Waals surface area (Å²) in [5.41, 5.74) is 0.532. The molecule has 1 amide bonds. The summed E-state index contributed by atoms with van der Waals surface area (Å²) >= 11 is 0. The van der Waals surface area contributed by atoms with Crippen molar-refractivity contribution in [3.63, 3.8) is 0 Å². The molecule has 1 heterocycles. The average Bonchev–Trinajstić information content (AvgIpc) is 2.91. The summed E-state index contributed by atoms with van der Waals surface area (Å²) in [5.74, 6) is -3.72. The van der Waals surface area contributed by atoms with Crippen LogP contribution in [0.15, 0.2) is 54.6 Å². The van der Waals surface area contributed by atoms with Crippen molar-refractivity contribution in [1.82, 2.24) is 4.90 Å². The van der Waals surface area contributed by atoms with Gasteiger partial charge in [0.2, 0.25) is 5.78 Å². The Kier molecular flexibility index (Phi) is 5.46. The largest absolute Gasteiger partial charge is 0.338 e. The second-order valence-electron chi connectivity index (χ2n) is 6.99. The van der Waals surface area contributed by atoms with Gasteiger partial charge in [0, 0.05) is 11.1 Å². The molecule has 1 fully saturated rings. The van der Waals surface area contributed by atoms with Crippen LogP contribution in [-0.2, 0) is 9.59 Å². The number of nitrogens with one attached hydrogen (secondary N) is 1. The molecule has 27 heavy (non-hydrogen) atoms. The maximum atomic E-state index is 14.5. The van der Waals surface area contributed by atoms with Crippen molar-refractivity contribution < 1.29 is 23.7 Å². The second-order valence-corrected chi connectivity index (χ2v) is 6.99. The molecule has 1 N–H and O–H groups in total. The predicted molar refractivity (Wildman–Crippen MR) is 97.8 cm³/mol. The van der Waals surface area contributed by atoms with Gasteiger partial charge in [0.05, 0.1) is 33.2 Å². The van der Waals surface area contributed by atoms with Gasteiger partial charge in [-0.1, -0.05) is 48.5 Å². The van der Waals surface area contributed by atoms with E-state index in [1.165, 1.54) is 17.0 Å². The van der Waals surface area contributed by atoms with Crippen LogP contribution < -0.4 is 4.90 Å². The zero-order valence-corrected chi connectivity index (χ0v) is 15.3. The highest BCUT2D eigenvalue weighted by Gasteiger charge is 2.52. The first-order valence-corrected chi connectivity index (χ1v) is 8.89. The molecule has 2 aromatic carbocycles. The zero-order chi connectivity index (χ0) is 19.6. The fraction of sp³-hybridized carbons (Fsp3) is 0.286. The second kappa shape index (κ2) is 7.80.